The first-order chi connectivity index (χ1) is 9.47. The fourth-order valence-electron chi connectivity index (χ4n) is 1.44. The SMILES string of the molecule is O=C(Nc1cc(Br)ccc1Cl)c1ccc(C(=O)O)nc1. The predicted molar refractivity (Wildman–Crippen MR) is 78.3 cm³/mol. The molecule has 0 unspecified atom stereocenters. The number of carboxylic acids is 1. The molecular weight excluding hydrogens is 348 g/mol. The van der Waals surface area contributed by atoms with Crippen molar-refractivity contribution in [1.82, 2.24) is 4.98 Å². The summed E-state index contributed by atoms with van der Waals surface area (Å²) in [5.41, 5.74) is 0.571. The molecule has 5 nitrogen and oxygen atoms in total. The zero-order valence-corrected chi connectivity index (χ0v) is 12.3. The van der Waals surface area contributed by atoms with E-state index in [-0.39, 0.29) is 11.3 Å². The first kappa shape index (κ1) is 14.5. The zero-order chi connectivity index (χ0) is 14.7. The summed E-state index contributed by atoms with van der Waals surface area (Å²) in [4.78, 5) is 26.3. The van der Waals surface area contributed by atoms with E-state index < -0.39 is 11.9 Å². The molecular formula is C13H8BrClN2O3. The Morgan fingerprint density at radius 3 is 2.60 bits per heavy atom. The molecule has 1 amide bonds. The van der Waals surface area contributed by atoms with Gasteiger partial charge in [-0.15, -0.1) is 0 Å². The summed E-state index contributed by atoms with van der Waals surface area (Å²) in [5, 5.41) is 11.8. The Morgan fingerprint density at radius 1 is 1.25 bits per heavy atom. The van der Waals surface area contributed by atoms with Crippen LogP contribution in [0.2, 0.25) is 5.02 Å². The van der Waals surface area contributed by atoms with Crippen molar-refractivity contribution in [2.45, 2.75) is 0 Å². The predicted octanol–water partition coefficient (Wildman–Crippen LogP) is 3.45. The largest absolute Gasteiger partial charge is 0.477 e. The second-order valence-corrected chi connectivity index (χ2v) is 5.14. The molecule has 0 aliphatic rings. The van der Waals surface area contributed by atoms with Gasteiger partial charge < -0.3 is 10.4 Å². The van der Waals surface area contributed by atoms with Gasteiger partial charge in [0.05, 0.1) is 16.3 Å². The van der Waals surface area contributed by atoms with Gasteiger partial charge in [0, 0.05) is 10.7 Å². The molecule has 2 aromatic rings. The highest BCUT2D eigenvalue weighted by atomic mass is 79.9. The average Bonchev–Trinajstić information content (AvgIpc) is 2.43. The molecule has 2 rings (SSSR count). The Balaban J connectivity index is 2.19. The highest BCUT2D eigenvalue weighted by Crippen LogP contribution is 2.26. The van der Waals surface area contributed by atoms with Crippen LogP contribution in [0.3, 0.4) is 0 Å². The number of halogens is 2. The molecule has 0 aliphatic carbocycles. The molecule has 0 bridgehead atoms. The van der Waals surface area contributed by atoms with E-state index in [1.807, 2.05) is 0 Å². The number of pyridine rings is 1. The molecule has 1 aromatic heterocycles. The quantitative estimate of drug-likeness (QED) is 0.884. The Hall–Kier alpha value is -1.92. The molecule has 2 N–H and O–H groups in total. The molecule has 0 saturated carbocycles. The Bertz CT molecular complexity index is 674. The van der Waals surface area contributed by atoms with Crippen molar-refractivity contribution in [3.05, 3.63) is 57.3 Å². The maximum absolute atomic E-state index is 12.0. The number of hydrogen-bond donors (Lipinski definition) is 2. The van der Waals surface area contributed by atoms with Crippen molar-refractivity contribution in [1.29, 1.82) is 0 Å². The van der Waals surface area contributed by atoms with Gasteiger partial charge in [-0.25, -0.2) is 9.78 Å². The van der Waals surface area contributed by atoms with Crippen molar-refractivity contribution in [3.63, 3.8) is 0 Å². The third-order valence-corrected chi connectivity index (χ3v) is 3.24. The minimum absolute atomic E-state index is 0.123. The number of nitrogens with zero attached hydrogens (tertiary/aromatic N) is 1. The summed E-state index contributed by atoms with van der Waals surface area (Å²) in [6, 6.07) is 7.71. The lowest BCUT2D eigenvalue weighted by Crippen LogP contribution is -2.13. The van der Waals surface area contributed by atoms with Crippen LogP contribution in [0.15, 0.2) is 41.0 Å². The summed E-state index contributed by atoms with van der Waals surface area (Å²) in [6.07, 6.45) is 1.20. The smallest absolute Gasteiger partial charge is 0.354 e. The minimum atomic E-state index is -1.15. The molecule has 0 spiro atoms. The van der Waals surface area contributed by atoms with Crippen LogP contribution in [-0.4, -0.2) is 22.0 Å². The van der Waals surface area contributed by atoms with E-state index in [1.54, 1.807) is 18.2 Å². The standard InChI is InChI=1S/C13H8BrClN2O3/c14-8-2-3-9(15)11(5-8)17-12(18)7-1-4-10(13(19)20)16-6-7/h1-6H,(H,17,18)(H,19,20). The second-order valence-electron chi connectivity index (χ2n) is 3.82. The van der Waals surface area contributed by atoms with Crippen LogP contribution >= 0.6 is 27.5 Å². The van der Waals surface area contributed by atoms with Gasteiger partial charge in [0.25, 0.3) is 5.91 Å². The van der Waals surface area contributed by atoms with Gasteiger partial charge in [0.1, 0.15) is 5.69 Å². The third-order valence-electron chi connectivity index (χ3n) is 2.42. The summed E-state index contributed by atoms with van der Waals surface area (Å²) in [5.74, 6) is -1.57. The molecule has 7 heteroatoms. The Kier molecular flexibility index (Phi) is 4.36. The Labute approximate surface area is 127 Å². The number of amides is 1. The lowest BCUT2D eigenvalue weighted by atomic mass is 10.2. The number of carbonyl (C=O) groups is 2. The fraction of sp³-hybridized carbons (Fsp3) is 0. The van der Waals surface area contributed by atoms with Crippen LogP contribution in [0.4, 0.5) is 5.69 Å². The van der Waals surface area contributed by atoms with E-state index in [2.05, 4.69) is 26.2 Å². The molecule has 0 saturated heterocycles. The summed E-state index contributed by atoms with van der Waals surface area (Å²) < 4.78 is 0.775. The van der Waals surface area contributed by atoms with E-state index in [4.69, 9.17) is 16.7 Å². The van der Waals surface area contributed by atoms with Gasteiger partial charge in [0.2, 0.25) is 0 Å². The van der Waals surface area contributed by atoms with Gasteiger partial charge >= 0.3 is 5.97 Å². The van der Waals surface area contributed by atoms with Crippen LogP contribution in [-0.2, 0) is 0 Å². The van der Waals surface area contributed by atoms with Crippen molar-refractivity contribution < 1.29 is 14.7 Å². The Morgan fingerprint density at radius 2 is 2.00 bits per heavy atom. The lowest BCUT2D eigenvalue weighted by molar-refractivity contribution is 0.0690. The molecule has 20 heavy (non-hydrogen) atoms. The van der Waals surface area contributed by atoms with Gasteiger partial charge in [-0.2, -0.15) is 0 Å². The number of rotatable bonds is 3. The highest BCUT2D eigenvalue weighted by Gasteiger charge is 2.11. The molecule has 0 fully saturated rings. The third kappa shape index (κ3) is 3.34. The van der Waals surface area contributed by atoms with Crippen LogP contribution in [0.5, 0.6) is 0 Å². The van der Waals surface area contributed by atoms with E-state index >= 15 is 0 Å². The summed E-state index contributed by atoms with van der Waals surface area (Å²) in [7, 11) is 0. The molecule has 0 radical (unpaired) electrons. The monoisotopic (exact) mass is 354 g/mol. The first-order valence-corrected chi connectivity index (χ1v) is 6.60. The lowest BCUT2D eigenvalue weighted by Gasteiger charge is -2.07. The van der Waals surface area contributed by atoms with Crippen molar-refractivity contribution in [3.8, 4) is 0 Å². The van der Waals surface area contributed by atoms with Gasteiger partial charge in [-0.05, 0) is 30.3 Å². The van der Waals surface area contributed by atoms with E-state index in [0.29, 0.717) is 10.7 Å². The second kappa shape index (κ2) is 6.02. The van der Waals surface area contributed by atoms with E-state index in [1.165, 1.54) is 18.3 Å². The topological polar surface area (TPSA) is 79.3 Å². The van der Waals surface area contributed by atoms with Crippen molar-refractivity contribution in [2.24, 2.45) is 0 Å². The molecule has 1 aromatic carbocycles. The number of aromatic nitrogens is 1. The fourth-order valence-corrected chi connectivity index (χ4v) is 1.97. The normalized spacial score (nSPS) is 10.1. The average molecular weight is 356 g/mol. The van der Waals surface area contributed by atoms with Gasteiger partial charge in [-0.1, -0.05) is 27.5 Å². The first-order valence-electron chi connectivity index (χ1n) is 5.43. The van der Waals surface area contributed by atoms with Crippen LogP contribution in [0.1, 0.15) is 20.8 Å². The molecule has 0 atom stereocenters. The number of carbonyl (C=O) groups excluding carboxylic acids is 1. The van der Waals surface area contributed by atoms with Crippen LogP contribution in [0.25, 0.3) is 0 Å². The van der Waals surface area contributed by atoms with Crippen molar-refractivity contribution in [2.75, 3.05) is 5.32 Å². The maximum atomic E-state index is 12.0. The number of aromatic carboxylic acids is 1. The number of benzene rings is 1. The van der Waals surface area contributed by atoms with Gasteiger partial charge in [0.15, 0.2) is 0 Å². The molecule has 102 valence electrons. The van der Waals surface area contributed by atoms with Crippen molar-refractivity contribution >= 4 is 45.1 Å². The maximum Gasteiger partial charge on any atom is 0.354 e. The number of nitrogens with one attached hydrogen (secondary N) is 1. The van der Waals surface area contributed by atoms with Gasteiger partial charge in [-0.3, -0.25) is 4.79 Å². The van der Waals surface area contributed by atoms with Crippen LogP contribution in [0, 0.1) is 0 Å². The van der Waals surface area contributed by atoms with E-state index in [0.717, 1.165) is 4.47 Å². The molecule has 0 aliphatic heterocycles. The van der Waals surface area contributed by atoms with Crippen LogP contribution < -0.4 is 5.32 Å². The number of hydrogen-bond acceptors (Lipinski definition) is 3. The van der Waals surface area contributed by atoms with E-state index in [9.17, 15) is 9.59 Å². The summed E-state index contributed by atoms with van der Waals surface area (Å²) in [6.45, 7) is 0. The molecule has 1 heterocycles. The number of anilines is 1. The number of carboxylic acid groups (broad SMARTS) is 1. The highest BCUT2D eigenvalue weighted by molar-refractivity contribution is 9.10. The zero-order valence-electron chi connectivity index (χ0n) is 9.93. The minimum Gasteiger partial charge on any atom is -0.477 e. The summed E-state index contributed by atoms with van der Waals surface area (Å²) >= 11 is 9.25.